The second-order valence-electron chi connectivity index (χ2n) is 14.5. The number of rotatable bonds is 22. The molecule has 14 heteroatoms. The van der Waals surface area contributed by atoms with Crippen molar-refractivity contribution < 1.29 is 50.3 Å². The SMILES string of the molecule is CC1(CCCC(=O)O)C(/C=C/C=C/C=C/C=C2\N(CCCCS(=O)(=O)O)c3ccccc3C2(C)CCCC(=O)O)=[N+](CCCCS(=O)(=O)O)c2ccccc21. The van der Waals surface area contributed by atoms with Gasteiger partial charge in [0.25, 0.3) is 20.2 Å². The average molecular weight is 798 g/mol. The Morgan fingerprint density at radius 2 is 1.24 bits per heavy atom. The van der Waals surface area contributed by atoms with Crippen molar-refractivity contribution in [1.29, 1.82) is 0 Å². The van der Waals surface area contributed by atoms with Gasteiger partial charge in [0.15, 0.2) is 5.71 Å². The van der Waals surface area contributed by atoms with E-state index in [9.17, 15) is 45.7 Å². The van der Waals surface area contributed by atoms with Gasteiger partial charge in [-0.1, -0.05) is 66.8 Å². The van der Waals surface area contributed by atoms with Crippen molar-refractivity contribution in [1.82, 2.24) is 0 Å². The Balaban J connectivity index is 1.61. The Hall–Kier alpha value is -4.37. The molecular weight excluding hydrogens is 745 g/mol. The average Bonchev–Trinajstić information content (AvgIpc) is 3.47. The van der Waals surface area contributed by atoms with Crippen molar-refractivity contribution in [3.05, 3.63) is 108 Å². The van der Waals surface area contributed by atoms with Crippen LogP contribution in [0.1, 0.15) is 89.2 Å². The summed E-state index contributed by atoms with van der Waals surface area (Å²) in [4.78, 5) is 25.0. The van der Waals surface area contributed by atoms with E-state index in [4.69, 9.17) is 0 Å². The number of aliphatic carboxylic acids is 2. The fraction of sp³-hybridized carbons (Fsp3) is 0.439. The van der Waals surface area contributed by atoms with Gasteiger partial charge in [-0.15, -0.1) is 0 Å². The van der Waals surface area contributed by atoms with Crippen molar-refractivity contribution in [2.75, 3.05) is 29.5 Å². The zero-order valence-electron chi connectivity index (χ0n) is 31.5. The van der Waals surface area contributed by atoms with Crippen LogP contribution in [0.5, 0.6) is 0 Å². The lowest BCUT2D eigenvalue weighted by molar-refractivity contribution is -0.438. The molecule has 4 N–H and O–H groups in total. The molecule has 0 spiro atoms. The fourth-order valence-electron chi connectivity index (χ4n) is 7.82. The van der Waals surface area contributed by atoms with E-state index in [0.29, 0.717) is 51.6 Å². The molecule has 0 fully saturated rings. The van der Waals surface area contributed by atoms with E-state index < -0.39 is 43.0 Å². The standard InChI is InChI=1S/C41H52N2O10S2/c1-40(26-16-24-38(44)45)32-18-8-10-20-34(32)42(28-12-14-30-54(48,49)50)36(40)22-6-4-3-5-7-23-37-41(2,27-17-25-39(46)47)33-19-9-11-21-35(33)43(37)29-13-15-31-55(51,52)53/h3-11,18-23H,12-17,24-31H2,1-2H3,(H3-,44,45,46,47,48,49,50,51,52,53)/p+1. The number of hydrogen-bond donors (Lipinski definition) is 4. The molecule has 2 unspecified atom stereocenters. The number of fused-ring (bicyclic) bond motifs is 2. The van der Waals surface area contributed by atoms with Crippen LogP contribution in [-0.4, -0.2) is 83.0 Å². The van der Waals surface area contributed by atoms with Gasteiger partial charge in [-0.3, -0.25) is 18.7 Å². The summed E-state index contributed by atoms with van der Waals surface area (Å²) >= 11 is 0. The molecule has 298 valence electrons. The minimum atomic E-state index is -4.08. The van der Waals surface area contributed by atoms with Crippen molar-refractivity contribution in [3.63, 3.8) is 0 Å². The number of hydrogen-bond acceptors (Lipinski definition) is 7. The lowest BCUT2D eigenvalue weighted by Crippen LogP contribution is -2.31. The zero-order valence-corrected chi connectivity index (χ0v) is 33.1. The van der Waals surface area contributed by atoms with Gasteiger partial charge in [-0.2, -0.15) is 21.4 Å². The summed E-state index contributed by atoms with van der Waals surface area (Å²) in [7, 11) is -8.15. The van der Waals surface area contributed by atoms with Crippen LogP contribution >= 0.6 is 0 Å². The molecule has 12 nitrogen and oxygen atoms in total. The van der Waals surface area contributed by atoms with E-state index >= 15 is 0 Å². The topological polar surface area (TPSA) is 190 Å². The van der Waals surface area contributed by atoms with E-state index in [1.165, 1.54) is 0 Å². The molecule has 2 aromatic carbocycles. The van der Waals surface area contributed by atoms with Crippen molar-refractivity contribution >= 4 is 49.3 Å². The quantitative estimate of drug-likeness (QED) is 0.0408. The number of allylic oxidation sites excluding steroid dienone is 8. The predicted molar refractivity (Wildman–Crippen MR) is 215 cm³/mol. The first-order valence-electron chi connectivity index (χ1n) is 18.6. The lowest BCUT2D eigenvalue weighted by Gasteiger charge is -2.30. The van der Waals surface area contributed by atoms with Crippen LogP contribution in [0.25, 0.3) is 0 Å². The van der Waals surface area contributed by atoms with Gasteiger partial charge in [-0.25, -0.2) is 0 Å². The summed E-state index contributed by atoms with van der Waals surface area (Å²) in [6.07, 6.45) is 17.3. The van der Waals surface area contributed by atoms with Crippen molar-refractivity contribution in [2.45, 2.75) is 88.9 Å². The molecule has 2 heterocycles. The van der Waals surface area contributed by atoms with Crippen LogP contribution in [0.3, 0.4) is 0 Å². The second kappa shape index (κ2) is 19.0. The smallest absolute Gasteiger partial charge is 0.303 e. The molecule has 2 aliphatic rings. The number of carboxylic acid groups (broad SMARTS) is 2. The van der Waals surface area contributed by atoms with Crippen molar-refractivity contribution in [2.24, 2.45) is 0 Å². The first-order valence-corrected chi connectivity index (χ1v) is 21.9. The molecule has 0 amide bonds. The van der Waals surface area contributed by atoms with Crippen LogP contribution in [0.2, 0.25) is 0 Å². The third kappa shape index (κ3) is 11.8. The molecule has 2 atom stereocenters. The normalized spacial score (nSPS) is 20.7. The van der Waals surface area contributed by atoms with E-state index in [2.05, 4.69) is 23.3 Å². The summed E-state index contributed by atoms with van der Waals surface area (Å²) < 4.78 is 66.0. The monoisotopic (exact) mass is 797 g/mol. The number of para-hydroxylation sites is 2. The molecular formula is C41H53N2O10S2+. The highest BCUT2D eigenvalue weighted by atomic mass is 32.2. The summed E-state index contributed by atoms with van der Waals surface area (Å²) in [6.45, 7) is 5.22. The first-order chi connectivity index (χ1) is 26.0. The predicted octanol–water partition coefficient (Wildman–Crippen LogP) is 7.22. The van der Waals surface area contributed by atoms with Crippen LogP contribution in [0, 0.1) is 0 Å². The largest absolute Gasteiger partial charge is 0.481 e. The Labute approximate surface area is 324 Å². The minimum absolute atomic E-state index is 0.0367. The molecule has 55 heavy (non-hydrogen) atoms. The highest BCUT2D eigenvalue weighted by Crippen LogP contribution is 2.50. The summed E-state index contributed by atoms with van der Waals surface area (Å²) in [6, 6.07) is 15.9. The molecule has 0 aliphatic carbocycles. The maximum absolute atomic E-state index is 11.4. The molecule has 0 aromatic heterocycles. The number of nitrogens with zero attached hydrogens (tertiary/aromatic N) is 2. The molecule has 4 rings (SSSR count). The second-order valence-corrected chi connectivity index (χ2v) is 17.7. The van der Waals surface area contributed by atoms with E-state index in [0.717, 1.165) is 33.9 Å². The lowest BCUT2D eigenvalue weighted by atomic mass is 9.75. The maximum atomic E-state index is 11.4. The number of carbonyl (C=O) groups is 2. The number of anilines is 1. The maximum Gasteiger partial charge on any atom is 0.303 e. The first kappa shape index (κ1) is 43.4. The Bertz CT molecular complexity index is 2090. The highest BCUT2D eigenvalue weighted by Gasteiger charge is 2.47. The Morgan fingerprint density at radius 3 is 1.87 bits per heavy atom. The van der Waals surface area contributed by atoms with E-state index in [-0.39, 0.29) is 37.2 Å². The van der Waals surface area contributed by atoms with Crippen LogP contribution in [-0.2, 0) is 40.7 Å². The van der Waals surface area contributed by atoms with Crippen LogP contribution in [0.4, 0.5) is 11.4 Å². The fourth-order valence-corrected chi connectivity index (χ4v) is 8.96. The molecule has 2 aromatic rings. The number of benzene rings is 2. The Morgan fingerprint density at radius 1 is 0.691 bits per heavy atom. The van der Waals surface area contributed by atoms with E-state index in [1.807, 2.05) is 91.1 Å². The van der Waals surface area contributed by atoms with Gasteiger partial charge in [0.1, 0.15) is 6.54 Å². The number of carboxylic acids is 2. The molecule has 0 saturated heterocycles. The van der Waals surface area contributed by atoms with Gasteiger partial charge in [0, 0.05) is 60.3 Å². The van der Waals surface area contributed by atoms with Gasteiger partial charge in [-0.05, 0) is 76.5 Å². The zero-order chi connectivity index (χ0) is 40.3. The number of unbranched alkanes of at least 4 members (excludes halogenated alkanes) is 2. The van der Waals surface area contributed by atoms with Gasteiger partial charge >= 0.3 is 11.9 Å². The molecule has 0 bridgehead atoms. The van der Waals surface area contributed by atoms with Crippen molar-refractivity contribution in [3.8, 4) is 0 Å². The minimum Gasteiger partial charge on any atom is -0.481 e. The third-order valence-electron chi connectivity index (χ3n) is 10.4. The van der Waals surface area contributed by atoms with Gasteiger partial charge < -0.3 is 15.1 Å². The molecule has 0 radical (unpaired) electrons. The summed E-state index contributed by atoms with van der Waals surface area (Å²) in [5, 5.41) is 18.7. The van der Waals surface area contributed by atoms with Gasteiger partial charge in [0.05, 0.1) is 16.9 Å². The van der Waals surface area contributed by atoms with E-state index in [1.54, 1.807) is 0 Å². The molecule has 2 aliphatic heterocycles. The summed E-state index contributed by atoms with van der Waals surface area (Å²) in [5.74, 6) is -2.37. The van der Waals surface area contributed by atoms with Crippen LogP contribution in [0.15, 0.2) is 96.8 Å². The highest BCUT2D eigenvalue weighted by molar-refractivity contribution is 7.86. The molecule has 0 saturated carbocycles. The van der Waals surface area contributed by atoms with Crippen LogP contribution < -0.4 is 4.90 Å². The van der Waals surface area contributed by atoms with Gasteiger partial charge in [0.2, 0.25) is 5.69 Å². The third-order valence-corrected chi connectivity index (χ3v) is 12.1. The summed E-state index contributed by atoms with van der Waals surface area (Å²) in [5.41, 5.74) is 5.04. The Kier molecular flexibility index (Phi) is 15.0.